The first-order valence-electron chi connectivity index (χ1n) is 7.12. The third-order valence-corrected chi connectivity index (χ3v) is 3.99. The molecule has 2 aromatic rings. The second-order valence-corrected chi connectivity index (χ2v) is 5.83. The normalized spacial score (nSPS) is 15.5. The highest BCUT2D eigenvalue weighted by Crippen LogP contribution is 2.49. The highest BCUT2D eigenvalue weighted by atomic mass is 16.2. The Morgan fingerprint density at radius 1 is 1.19 bits per heavy atom. The van der Waals surface area contributed by atoms with Crippen molar-refractivity contribution in [1.82, 2.24) is 4.98 Å². The molecular formula is C17H19N3O. The van der Waals surface area contributed by atoms with Crippen molar-refractivity contribution in [2.24, 2.45) is 0 Å². The molecule has 1 heterocycles. The second-order valence-electron chi connectivity index (χ2n) is 5.83. The van der Waals surface area contributed by atoms with Gasteiger partial charge in [-0.25, -0.2) is 4.98 Å². The first-order chi connectivity index (χ1) is 9.99. The number of hydrogen-bond donors (Lipinski definition) is 2. The van der Waals surface area contributed by atoms with Crippen LogP contribution in [0, 0.1) is 13.8 Å². The van der Waals surface area contributed by atoms with Gasteiger partial charge in [-0.1, -0.05) is 12.1 Å². The Morgan fingerprint density at radius 3 is 2.43 bits per heavy atom. The van der Waals surface area contributed by atoms with Crippen LogP contribution < -0.4 is 11.1 Å². The van der Waals surface area contributed by atoms with Crippen molar-refractivity contribution in [1.29, 1.82) is 0 Å². The lowest BCUT2D eigenvalue weighted by molar-refractivity contribution is -0.118. The van der Waals surface area contributed by atoms with Gasteiger partial charge in [-0.2, -0.15) is 0 Å². The van der Waals surface area contributed by atoms with Gasteiger partial charge < -0.3 is 11.1 Å². The molecule has 1 aromatic heterocycles. The van der Waals surface area contributed by atoms with Gasteiger partial charge in [0.15, 0.2) is 0 Å². The van der Waals surface area contributed by atoms with Crippen molar-refractivity contribution < 1.29 is 4.79 Å². The first kappa shape index (κ1) is 13.6. The van der Waals surface area contributed by atoms with Crippen LogP contribution in [-0.4, -0.2) is 10.9 Å². The summed E-state index contributed by atoms with van der Waals surface area (Å²) in [5.41, 5.74) is 9.04. The summed E-state index contributed by atoms with van der Waals surface area (Å²) in [6, 6.07) is 11.5. The number of carbonyl (C=O) groups is 1. The van der Waals surface area contributed by atoms with E-state index >= 15 is 0 Å². The van der Waals surface area contributed by atoms with Gasteiger partial charge in [0, 0.05) is 11.4 Å². The Morgan fingerprint density at radius 2 is 1.86 bits per heavy atom. The summed E-state index contributed by atoms with van der Waals surface area (Å²) in [5.74, 6) is 0.643. The van der Waals surface area contributed by atoms with Crippen molar-refractivity contribution in [3.63, 3.8) is 0 Å². The van der Waals surface area contributed by atoms with Gasteiger partial charge in [0.25, 0.3) is 0 Å². The fourth-order valence-electron chi connectivity index (χ4n) is 2.72. The monoisotopic (exact) mass is 281 g/mol. The van der Waals surface area contributed by atoms with Crippen molar-refractivity contribution in [3.8, 4) is 0 Å². The molecule has 0 spiro atoms. The number of amides is 1. The third-order valence-electron chi connectivity index (χ3n) is 3.99. The maximum absolute atomic E-state index is 12.6. The quantitative estimate of drug-likeness (QED) is 0.850. The predicted molar refractivity (Wildman–Crippen MR) is 84.1 cm³/mol. The molecule has 0 radical (unpaired) electrons. The summed E-state index contributed by atoms with van der Waals surface area (Å²) in [6.45, 7) is 3.92. The van der Waals surface area contributed by atoms with Crippen LogP contribution in [0.1, 0.15) is 29.7 Å². The molecule has 21 heavy (non-hydrogen) atoms. The van der Waals surface area contributed by atoms with E-state index in [0.717, 1.165) is 29.7 Å². The van der Waals surface area contributed by atoms with Crippen molar-refractivity contribution >= 4 is 17.4 Å². The van der Waals surface area contributed by atoms with Gasteiger partial charge >= 0.3 is 0 Å². The van der Waals surface area contributed by atoms with Crippen LogP contribution in [-0.2, 0) is 10.2 Å². The van der Waals surface area contributed by atoms with Gasteiger partial charge in [-0.05, 0) is 62.1 Å². The standard InChI is InChI=1S/C17H19N3O/c1-11-9-12(2)19-15(10-11)20-16(21)17(7-8-17)13-3-5-14(18)6-4-13/h3-6,9-10H,7-8,18H2,1-2H3,(H,19,20,21). The molecule has 0 atom stereocenters. The second kappa shape index (κ2) is 4.88. The maximum atomic E-state index is 12.6. The minimum absolute atomic E-state index is 0.0183. The Labute approximate surface area is 124 Å². The first-order valence-corrected chi connectivity index (χ1v) is 7.12. The molecule has 1 aliphatic rings. The zero-order chi connectivity index (χ0) is 15.0. The van der Waals surface area contributed by atoms with Crippen LogP contribution in [0.15, 0.2) is 36.4 Å². The molecule has 0 bridgehead atoms. The number of nitrogen functional groups attached to an aromatic ring is 1. The molecule has 0 aliphatic heterocycles. The molecule has 1 saturated carbocycles. The molecule has 0 saturated heterocycles. The van der Waals surface area contributed by atoms with Crippen molar-refractivity contribution in [2.75, 3.05) is 11.1 Å². The average Bonchev–Trinajstić information content (AvgIpc) is 3.19. The van der Waals surface area contributed by atoms with Gasteiger partial charge in [0.05, 0.1) is 5.41 Å². The zero-order valence-electron chi connectivity index (χ0n) is 12.3. The topological polar surface area (TPSA) is 68.0 Å². The van der Waals surface area contributed by atoms with Gasteiger partial charge in [-0.3, -0.25) is 4.79 Å². The molecule has 1 aliphatic carbocycles. The lowest BCUT2D eigenvalue weighted by Gasteiger charge is -2.16. The largest absolute Gasteiger partial charge is 0.399 e. The van der Waals surface area contributed by atoms with E-state index in [4.69, 9.17) is 5.73 Å². The summed E-state index contributed by atoms with van der Waals surface area (Å²) < 4.78 is 0. The summed E-state index contributed by atoms with van der Waals surface area (Å²) >= 11 is 0. The highest BCUT2D eigenvalue weighted by molar-refractivity contribution is 6.00. The number of anilines is 2. The zero-order valence-corrected chi connectivity index (χ0v) is 12.3. The van der Waals surface area contributed by atoms with E-state index in [-0.39, 0.29) is 5.91 Å². The number of aromatic nitrogens is 1. The minimum atomic E-state index is -0.410. The van der Waals surface area contributed by atoms with Crippen LogP contribution in [0.3, 0.4) is 0 Å². The van der Waals surface area contributed by atoms with Crippen LogP contribution >= 0.6 is 0 Å². The average molecular weight is 281 g/mol. The Kier molecular flexibility index (Phi) is 3.16. The van der Waals surface area contributed by atoms with E-state index in [1.807, 2.05) is 50.2 Å². The van der Waals surface area contributed by atoms with Crippen LogP contribution in [0.25, 0.3) is 0 Å². The number of pyridine rings is 1. The summed E-state index contributed by atoms with van der Waals surface area (Å²) in [7, 11) is 0. The molecule has 1 amide bonds. The van der Waals surface area contributed by atoms with Gasteiger partial charge in [0.1, 0.15) is 5.82 Å². The van der Waals surface area contributed by atoms with Crippen molar-refractivity contribution in [2.45, 2.75) is 32.1 Å². The molecule has 3 rings (SSSR count). The number of nitrogens with one attached hydrogen (secondary N) is 1. The van der Waals surface area contributed by atoms with E-state index < -0.39 is 5.41 Å². The summed E-state index contributed by atoms with van der Waals surface area (Å²) in [4.78, 5) is 17.0. The fraction of sp³-hybridized carbons (Fsp3) is 0.294. The summed E-state index contributed by atoms with van der Waals surface area (Å²) in [5, 5.41) is 2.96. The molecule has 1 aromatic carbocycles. The highest BCUT2D eigenvalue weighted by Gasteiger charge is 2.51. The lowest BCUT2D eigenvalue weighted by atomic mass is 9.95. The minimum Gasteiger partial charge on any atom is -0.399 e. The number of nitrogens with zero attached hydrogens (tertiary/aromatic N) is 1. The molecule has 3 N–H and O–H groups in total. The maximum Gasteiger partial charge on any atom is 0.236 e. The SMILES string of the molecule is Cc1cc(C)nc(NC(=O)C2(c3ccc(N)cc3)CC2)c1. The molecule has 4 heteroatoms. The summed E-state index contributed by atoms with van der Waals surface area (Å²) in [6.07, 6.45) is 1.74. The number of aryl methyl sites for hydroxylation is 2. The van der Waals surface area contributed by atoms with Crippen LogP contribution in [0.2, 0.25) is 0 Å². The number of benzene rings is 1. The smallest absolute Gasteiger partial charge is 0.236 e. The molecular weight excluding hydrogens is 262 g/mol. The number of carbonyl (C=O) groups excluding carboxylic acids is 1. The number of hydrogen-bond acceptors (Lipinski definition) is 3. The predicted octanol–water partition coefficient (Wildman–Crippen LogP) is 2.95. The Balaban J connectivity index is 1.83. The van der Waals surface area contributed by atoms with E-state index in [9.17, 15) is 4.79 Å². The molecule has 0 unspecified atom stereocenters. The van der Waals surface area contributed by atoms with Gasteiger partial charge in [-0.15, -0.1) is 0 Å². The third kappa shape index (κ3) is 2.61. The number of rotatable bonds is 3. The Hall–Kier alpha value is -2.36. The molecule has 1 fully saturated rings. The van der Waals surface area contributed by atoms with Gasteiger partial charge in [0.2, 0.25) is 5.91 Å². The van der Waals surface area contributed by atoms with E-state index in [2.05, 4.69) is 10.3 Å². The van der Waals surface area contributed by atoms with E-state index in [1.54, 1.807) is 0 Å². The number of nitrogens with two attached hydrogens (primary N) is 1. The van der Waals surface area contributed by atoms with E-state index in [1.165, 1.54) is 0 Å². The lowest BCUT2D eigenvalue weighted by Crippen LogP contribution is -2.28. The molecule has 108 valence electrons. The van der Waals surface area contributed by atoms with Crippen LogP contribution in [0.5, 0.6) is 0 Å². The molecule has 4 nitrogen and oxygen atoms in total. The van der Waals surface area contributed by atoms with Crippen molar-refractivity contribution in [3.05, 3.63) is 53.2 Å². The Bertz CT molecular complexity index is 667. The van der Waals surface area contributed by atoms with Crippen LogP contribution in [0.4, 0.5) is 11.5 Å². The van der Waals surface area contributed by atoms with E-state index in [0.29, 0.717) is 11.5 Å². The fourth-order valence-corrected chi connectivity index (χ4v) is 2.72.